The van der Waals surface area contributed by atoms with E-state index in [1.165, 1.54) is 4.90 Å². The Morgan fingerprint density at radius 1 is 1.24 bits per heavy atom. The first-order valence-electron chi connectivity index (χ1n) is 8.39. The molecule has 1 aromatic heterocycles. The summed E-state index contributed by atoms with van der Waals surface area (Å²) in [4.78, 5) is 17.5. The number of rotatable bonds is 0. The van der Waals surface area contributed by atoms with Gasteiger partial charge < -0.3 is 14.7 Å². The van der Waals surface area contributed by atoms with E-state index in [9.17, 15) is 9.90 Å². The van der Waals surface area contributed by atoms with Crippen LogP contribution in [0.15, 0.2) is 42.6 Å². The van der Waals surface area contributed by atoms with Gasteiger partial charge in [-0.2, -0.15) is 0 Å². The fourth-order valence-corrected chi connectivity index (χ4v) is 3.54. The van der Waals surface area contributed by atoms with Crippen molar-refractivity contribution in [3.63, 3.8) is 0 Å². The minimum Gasteiger partial charge on any atom is -0.465 e. The molecule has 1 aromatic carbocycles. The summed E-state index contributed by atoms with van der Waals surface area (Å²) in [5.74, 6) is 6.27. The molecule has 0 saturated carbocycles. The van der Waals surface area contributed by atoms with Crippen molar-refractivity contribution in [1.29, 1.82) is 0 Å². The molecule has 126 valence electrons. The highest BCUT2D eigenvalue weighted by Gasteiger charge is 2.40. The summed E-state index contributed by atoms with van der Waals surface area (Å²) in [6.45, 7) is 0.833. The first-order chi connectivity index (χ1) is 12.2. The Balaban J connectivity index is 1.65. The van der Waals surface area contributed by atoms with E-state index >= 15 is 0 Å². The number of fused-ring (bicyclic) bond motifs is 3. The molecule has 1 aliphatic carbocycles. The summed E-state index contributed by atoms with van der Waals surface area (Å²) in [7, 11) is 0. The Bertz CT molecular complexity index is 854. The SMILES string of the molecule is O=C(O)N1CCOC2c3cc(C#Cc4ccccc4)cnc3CCC21. The number of aromatic nitrogens is 1. The van der Waals surface area contributed by atoms with Gasteiger partial charge in [-0.3, -0.25) is 4.98 Å². The monoisotopic (exact) mass is 334 g/mol. The van der Waals surface area contributed by atoms with Crippen LogP contribution in [0.3, 0.4) is 0 Å². The predicted octanol–water partition coefficient (Wildman–Crippen LogP) is 2.85. The lowest BCUT2D eigenvalue weighted by Crippen LogP contribution is -2.51. The quantitative estimate of drug-likeness (QED) is 0.753. The molecule has 5 nitrogen and oxygen atoms in total. The molecule has 25 heavy (non-hydrogen) atoms. The molecule has 5 heteroatoms. The Morgan fingerprint density at radius 2 is 2.04 bits per heavy atom. The predicted molar refractivity (Wildman–Crippen MR) is 92.2 cm³/mol. The van der Waals surface area contributed by atoms with Crippen LogP contribution in [0.5, 0.6) is 0 Å². The molecule has 4 rings (SSSR count). The van der Waals surface area contributed by atoms with Crippen LogP contribution in [0.1, 0.15) is 34.9 Å². The van der Waals surface area contributed by atoms with Crippen LogP contribution in [0, 0.1) is 11.8 Å². The zero-order valence-corrected chi connectivity index (χ0v) is 13.7. The fourth-order valence-electron chi connectivity index (χ4n) is 3.54. The summed E-state index contributed by atoms with van der Waals surface area (Å²) >= 11 is 0. The van der Waals surface area contributed by atoms with E-state index in [4.69, 9.17) is 4.74 Å². The number of morpholine rings is 1. The minimum atomic E-state index is -0.880. The fraction of sp³-hybridized carbons (Fsp3) is 0.300. The molecule has 1 aliphatic heterocycles. The van der Waals surface area contributed by atoms with E-state index in [-0.39, 0.29) is 12.1 Å². The van der Waals surface area contributed by atoms with Gasteiger partial charge in [0.05, 0.1) is 12.6 Å². The van der Waals surface area contributed by atoms with Gasteiger partial charge in [-0.05, 0) is 31.0 Å². The van der Waals surface area contributed by atoms with Gasteiger partial charge >= 0.3 is 6.09 Å². The van der Waals surface area contributed by atoms with Gasteiger partial charge in [0, 0.05) is 35.1 Å². The Kier molecular flexibility index (Phi) is 4.12. The lowest BCUT2D eigenvalue weighted by atomic mass is 9.86. The van der Waals surface area contributed by atoms with Gasteiger partial charge in [-0.25, -0.2) is 4.79 Å². The molecule has 2 heterocycles. The van der Waals surface area contributed by atoms with Gasteiger partial charge in [0.25, 0.3) is 0 Å². The third kappa shape index (κ3) is 3.09. The number of amides is 1. The Morgan fingerprint density at radius 3 is 2.84 bits per heavy atom. The highest BCUT2D eigenvalue weighted by molar-refractivity contribution is 5.66. The Hall–Kier alpha value is -2.84. The average Bonchev–Trinajstić information content (AvgIpc) is 2.66. The standard InChI is InChI=1S/C20H18N2O3/c23-20(24)22-10-11-25-19-16-12-15(7-6-14-4-2-1-3-5-14)13-21-17(16)8-9-18(19)22/h1-5,12-13,18-19H,8-11H2,(H,23,24). The van der Waals surface area contributed by atoms with Crippen molar-refractivity contribution in [1.82, 2.24) is 9.88 Å². The first kappa shape index (κ1) is 15.7. The zero-order chi connectivity index (χ0) is 17.2. The number of hydrogen-bond acceptors (Lipinski definition) is 3. The number of carboxylic acid groups (broad SMARTS) is 1. The first-order valence-corrected chi connectivity index (χ1v) is 8.39. The highest BCUT2D eigenvalue weighted by Crippen LogP contribution is 2.37. The molecule has 1 saturated heterocycles. The maximum absolute atomic E-state index is 11.5. The molecular formula is C20H18N2O3. The van der Waals surface area contributed by atoms with E-state index in [0.29, 0.717) is 13.2 Å². The second kappa shape index (κ2) is 6.58. The van der Waals surface area contributed by atoms with Crippen LogP contribution in [0.4, 0.5) is 4.79 Å². The maximum atomic E-state index is 11.5. The minimum absolute atomic E-state index is 0.141. The highest BCUT2D eigenvalue weighted by atomic mass is 16.5. The van der Waals surface area contributed by atoms with E-state index in [0.717, 1.165) is 35.2 Å². The Labute approximate surface area is 146 Å². The third-order valence-corrected chi connectivity index (χ3v) is 4.74. The van der Waals surface area contributed by atoms with Crippen molar-refractivity contribution >= 4 is 6.09 Å². The van der Waals surface area contributed by atoms with Crippen LogP contribution in [-0.2, 0) is 11.2 Å². The van der Waals surface area contributed by atoms with Crippen molar-refractivity contribution in [2.24, 2.45) is 0 Å². The van der Waals surface area contributed by atoms with E-state index in [2.05, 4.69) is 16.8 Å². The van der Waals surface area contributed by atoms with Crippen LogP contribution in [0.2, 0.25) is 0 Å². The molecule has 0 spiro atoms. The zero-order valence-electron chi connectivity index (χ0n) is 13.7. The number of ether oxygens (including phenoxy) is 1. The number of aryl methyl sites for hydroxylation is 1. The number of hydrogen-bond donors (Lipinski definition) is 1. The lowest BCUT2D eigenvalue weighted by molar-refractivity contribution is -0.0703. The molecule has 1 amide bonds. The summed E-state index contributed by atoms with van der Waals surface area (Å²) in [6.07, 6.45) is 2.16. The van der Waals surface area contributed by atoms with Crippen LogP contribution < -0.4 is 0 Å². The number of nitrogens with zero attached hydrogens (tertiary/aromatic N) is 2. The summed E-state index contributed by atoms with van der Waals surface area (Å²) < 4.78 is 5.91. The second-order valence-corrected chi connectivity index (χ2v) is 6.25. The molecule has 2 unspecified atom stereocenters. The van der Waals surface area contributed by atoms with Crippen molar-refractivity contribution in [3.8, 4) is 11.8 Å². The van der Waals surface area contributed by atoms with Crippen LogP contribution in [0.25, 0.3) is 0 Å². The van der Waals surface area contributed by atoms with Gasteiger partial charge in [0.2, 0.25) is 0 Å². The molecule has 2 aromatic rings. The van der Waals surface area contributed by atoms with Gasteiger partial charge in [0.15, 0.2) is 0 Å². The van der Waals surface area contributed by atoms with E-state index in [1.807, 2.05) is 36.4 Å². The average molecular weight is 334 g/mol. The summed E-state index contributed by atoms with van der Waals surface area (Å²) in [6, 6.07) is 11.7. The lowest BCUT2D eigenvalue weighted by Gasteiger charge is -2.42. The number of carbonyl (C=O) groups is 1. The smallest absolute Gasteiger partial charge is 0.407 e. The maximum Gasteiger partial charge on any atom is 0.407 e. The molecule has 2 aliphatic rings. The van der Waals surface area contributed by atoms with E-state index < -0.39 is 6.09 Å². The number of pyridine rings is 1. The van der Waals surface area contributed by atoms with E-state index in [1.54, 1.807) is 6.20 Å². The normalized spacial score (nSPS) is 21.5. The van der Waals surface area contributed by atoms with Crippen LogP contribution in [-0.4, -0.2) is 40.3 Å². The third-order valence-electron chi connectivity index (χ3n) is 4.74. The molecule has 2 atom stereocenters. The number of benzene rings is 1. The van der Waals surface area contributed by atoms with Crippen molar-refractivity contribution in [2.75, 3.05) is 13.2 Å². The largest absolute Gasteiger partial charge is 0.465 e. The summed E-state index contributed by atoms with van der Waals surface area (Å²) in [5, 5.41) is 9.42. The molecular weight excluding hydrogens is 316 g/mol. The molecule has 1 N–H and O–H groups in total. The summed E-state index contributed by atoms with van der Waals surface area (Å²) in [5.41, 5.74) is 3.73. The molecule has 0 bridgehead atoms. The molecule has 1 fully saturated rings. The van der Waals surface area contributed by atoms with Crippen molar-refractivity contribution in [2.45, 2.75) is 25.0 Å². The van der Waals surface area contributed by atoms with Gasteiger partial charge in [-0.1, -0.05) is 30.0 Å². The van der Waals surface area contributed by atoms with Crippen molar-refractivity contribution in [3.05, 3.63) is 65.0 Å². The van der Waals surface area contributed by atoms with Gasteiger partial charge in [0.1, 0.15) is 6.10 Å². The molecule has 0 radical (unpaired) electrons. The van der Waals surface area contributed by atoms with Crippen LogP contribution >= 0.6 is 0 Å². The van der Waals surface area contributed by atoms with Gasteiger partial charge in [-0.15, -0.1) is 0 Å². The van der Waals surface area contributed by atoms with Crippen molar-refractivity contribution < 1.29 is 14.6 Å². The topological polar surface area (TPSA) is 62.7 Å². The second-order valence-electron chi connectivity index (χ2n) is 6.25.